The van der Waals surface area contributed by atoms with Gasteiger partial charge in [0.05, 0.1) is 0 Å². The molecule has 1 saturated heterocycles. The third kappa shape index (κ3) is 3.07. The molecular weight excluding hydrogens is 362 g/mol. The fourth-order valence-electron chi connectivity index (χ4n) is 6.42. The Morgan fingerprint density at radius 1 is 1.11 bits per heavy atom. The first-order valence-electron chi connectivity index (χ1n) is 10.9. The van der Waals surface area contributed by atoms with Gasteiger partial charge in [0.15, 0.2) is 0 Å². The molecule has 2 aliphatic carbocycles. The predicted octanol–water partition coefficient (Wildman–Crippen LogP) is 5.42. The van der Waals surface area contributed by atoms with E-state index in [1.54, 1.807) is 0 Å². The summed E-state index contributed by atoms with van der Waals surface area (Å²) in [4.78, 5) is 4.15. The predicted molar refractivity (Wildman–Crippen MR) is 117 cm³/mol. The van der Waals surface area contributed by atoms with Gasteiger partial charge in [0.25, 0.3) is 0 Å². The fourth-order valence-corrected chi connectivity index (χ4v) is 6.82. The quantitative estimate of drug-likeness (QED) is 0.702. The molecule has 0 radical (unpaired) electrons. The van der Waals surface area contributed by atoms with Gasteiger partial charge in [0, 0.05) is 22.9 Å². The van der Waals surface area contributed by atoms with Crippen LogP contribution in [0.5, 0.6) is 5.75 Å². The van der Waals surface area contributed by atoms with Gasteiger partial charge >= 0.3 is 0 Å². The van der Waals surface area contributed by atoms with E-state index in [1.807, 2.05) is 17.8 Å². The summed E-state index contributed by atoms with van der Waals surface area (Å²) < 4.78 is 0. The van der Waals surface area contributed by atoms with Crippen LogP contribution in [0.2, 0.25) is 0 Å². The number of benzene rings is 2. The summed E-state index contributed by atoms with van der Waals surface area (Å²) in [5.41, 5.74) is 4.77. The molecule has 2 fully saturated rings. The number of phenols is 1. The minimum absolute atomic E-state index is 0.325. The van der Waals surface area contributed by atoms with Crippen LogP contribution in [-0.2, 0) is 18.3 Å². The molecule has 2 nitrogen and oxygen atoms in total. The summed E-state index contributed by atoms with van der Waals surface area (Å²) in [6, 6.07) is 16.0. The zero-order chi connectivity index (χ0) is 19.1. The number of fused-ring (bicyclic) bond motifs is 1. The topological polar surface area (TPSA) is 23.5 Å². The molecule has 3 heteroatoms. The Bertz CT molecular complexity index is 848. The van der Waals surface area contributed by atoms with Crippen molar-refractivity contribution in [2.24, 2.45) is 5.92 Å². The molecule has 1 N–H and O–H groups in total. The Morgan fingerprint density at radius 2 is 1.96 bits per heavy atom. The molecule has 0 spiro atoms. The third-order valence-electron chi connectivity index (χ3n) is 7.78. The smallest absolute Gasteiger partial charge is 0.115 e. The summed E-state index contributed by atoms with van der Waals surface area (Å²) in [6.07, 6.45) is 11.1. The highest BCUT2D eigenvalue weighted by molar-refractivity contribution is 7.98. The molecule has 1 aliphatic heterocycles. The Labute approximate surface area is 173 Å². The normalized spacial score (nSPS) is 29.2. The Kier molecular flexibility index (Phi) is 4.92. The standard InChI is InChI=1S/C25H31NOS/c1-28-21-9-5-18(6-10-21)11-14-26-15-13-25-12-3-2-4-22(25)24(26)16-19-7-8-20(27)17-23(19)25/h5-10,17,22,24,27H,2-4,11-16H2,1H3/t22-,24+,25+/m0/s1. The zero-order valence-corrected chi connectivity index (χ0v) is 17.7. The van der Waals surface area contributed by atoms with Crippen LogP contribution in [-0.4, -0.2) is 35.4 Å². The molecule has 2 aromatic rings. The van der Waals surface area contributed by atoms with E-state index >= 15 is 0 Å². The molecule has 148 valence electrons. The van der Waals surface area contributed by atoms with Crippen LogP contribution in [0, 0.1) is 5.92 Å². The van der Waals surface area contributed by atoms with E-state index in [1.165, 1.54) is 66.8 Å². The van der Waals surface area contributed by atoms with Gasteiger partial charge in [0.1, 0.15) is 5.75 Å². The second-order valence-corrected chi connectivity index (χ2v) is 9.89. The minimum atomic E-state index is 0.325. The van der Waals surface area contributed by atoms with Gasteiger partial charge in [-0.1, -0.05) is 31.0 Å². The first kappa shape index (κ1) is 18.6. The lowest BCUT2D eigenvalue weighted by molar-refractivity contribution is -0.0106. The van der Waals surface area contributed by atoms with E-state index < -0.39 is 0 Å². The van der Waals surface area contributed by atoms with Crippen LogP contribution in [0.15, 0.2) is 47.4 Å². The summed E-state index contributed by atoms with van der Waals surface area (Å²) in [6.45, 7) is 2.38. The molecule has 28 heavy (non-hydrogen) atoms. The van der Waals surface area contributed by atoms with Crippen LogP contribution in [0.4, 0.5) is 0 Å². The first-order chi connectivity index (χ1) is 13.7. The lowest BCUT2D eigenvalue weighted by Crippen LogP contribution is -2.61. The molecular formula is C25H31NOS. The summed E-state index contributed by atoms with van der Waals surface area (Å²) in [5, 5.41) is 10.2. The Morgan fingerprint density at radius 3 is 2.79 bits per heavy atom. The summed E-state index contributed by atoms with van der Waals surface area (Å²) in [7, 11) is 0. The van der Waals surface area contributed by atoms with E-state index in [0.717, 1.165) is 18.8 Å². The highest BCUT2D eigenvalue weighted by atomic mass is 32.2. The number of likely N-dealkylation sites (tertiary alicyclic amines) is 1. The average molecular weight is 394 g/mol. The molecule has 3 atom stereocenters. The minimum Gasteiger partial charge on any atom is -0.508 e. The van der Waals surface area contributed by atoms with Crippen molar-refractivity contribution in [3.63, 3.8) is 0 Å². The molecule has 0 amide bonds. The number of thioether (sulfide) groups is 1. The van der Waals surface area contributed by atoms with Gasteiger partial charge in [-0.25, -0.2) is 0 Å². The number of nitrogens with zero attached hydrogens (tertiary/aromatic N) is 1. The average Bonchev–Trinajstić information content (AvgIpc) is 2.74. The molecule has 5 rings (SSSR count). The van der Waals surface area contributed by atoms with Crippen LogP contribution >= 0.6 is 11.8 Å². The summed E-state index contributed by atoms with van der Waals surface area (Å²) >= 11 is 1.81. The lowest BCUT2D eigenvalue weighted by Gasteiger charge is -2.59. The number of hydrogen-bond donors (Lipinski definition) is 1. The molecule has 2 aromatic carbocycles. The van der Waals surface area contributed by atoms with Crippen LogP contribution in [0.3, 0.4) is 0 Å². The van der Waals surface area contributed by atoms with Crippen LogP contribution in [0.1, 0.15) is 48.8 Å². The van der Waals surface area contributed by atoms with Crippen molar-refractivity contribution in [3.8, 4) is 5.75 Å². The molecule has 0 aromatic heterocycles. The molecule has 1 saturated carbocycles. The van der Waals surface area contributed by atoms with Crippen molar-refractivity contribution in [2.75, 3.05) is 19.3 Å². The van der Waals surface area contributed by atoms with Gasteiger partial charge in [-0.15, -0.1) is 11.8 Å². The van der Waals surface area contributed by atoms with Gasteiger partial charge < -0.3 is 5.11 Å². The van der Waals surface area contributed by atoms with Gasteiger partial charge in [-0.05, 0) is 91.8 Å². The van der Waals surface area contributed by atoms with Crippen molar-refractivity contribution >= 4 is 11.8 Å². The second-order valence-electron chi connectivity index (χ2n) is 9.01. The van der Waals surface area contributed by atoms with E-state index in [0.29, 0.717) is 17.2 Å². The molecule has 2 bridgehead atoms. The molecule has 0 unspecified atom stereocenters. The number of piperidine rings is 1. The number of aromatic hydroxyl groups is 1. The van der Waals surface area contributed by atoms with Gasteiger partial charge in [-0.2, -0.15) is 0 Å². The monoisotopic (exact) mass is 393 g/mol. The van der Waals surface area contributed by atoms with Crippen molar-refractivity contribution in [1.82, 2.24) is 4.90 Å². The maximum Gasteiger partial charge on any atom is 0.115 e. The zero-order valence-electron chi connectivity index (χ0n) is 16.9. The molecule has 3 aliphatic rings. The number of phenolic OH excluding ortho intramolecular Hbond substituents is 1. The Hall–Kier alpha value is -1.45. The van der Waals surface area contributed by atoms with E-state index in [-0.39, 0.29) is 0 Å². The van der Waals surface area contributed by atoms with Crippen molar-refractivity contribution in [2.45, 2.75) is 61.3 Å². The highest BCUT2D eigenvalue weighted by Crippen LogP contribution is 2.56. The third-order valence-corrected chi connectivity index (χ3v) is 8.53. The Balaban J connectivity index is 1.39. The van der Waals surface area contributed by atoms with Crippen molar-refractivity contribution < 1.29 is 5.11 Å². The SMILES string of the molecule is CSc1ccc(CCN2CC[C@]34CCCC[C@H]3[C@H]2Cc2ccc(O)cc24)cc1. The number of hydrogen-bond acceptors (Lipinski definition) is 3. The first-order valence-corrected chi connectivity index (χ1v) is 12.1. The fraction of sp³-hybridized carbons (Fsp3) is 0.520. The highest BCUT2D eigenvalue weighted by Gasteiger charge is 2.53. The maximum atomic E-state index is 10.2. The van der Waals surface area contributed by atoms with E-state index in [9.17, 15) is 5.11 Å². The van der Waals surface area contributed by atoms with Crippen LogP contribution in [0.25, 0.3) is 0 Å². The number of rotatable bonds is 4. The van der Waals surface area contributed by atoms with Crippen LogP contribution < -0.4 is 0 Å². The largest absolute Gasteiger partial charge is 0.508 e. The van der Waals surface area contributed by atoms with Gasteiger partial charge in [0.2, 0.25) is 0 Å². The van der Waals surface area contributed by atoms with E-state index in [4.69, 9.17) is 0 Å². The lowest BCUT2D eigenvalue weighted by atomic mass is 9.52. The maximum absolute atomic E-state index is 10.2. The summed E-state index contributed by atoms with van der Waals surface area (Å²) in [5.74, 6) is 1.22. The molecule has 1 heterocycles. The van der Waals surface area contributed by atoms with Crippen molar-refractivity contribution in [3.05, 3.63) is 59.2 Å². The van der Waals surface area contributed by atoms with Gasteiger partial charge in [-0.3, -0.25) is 4.90 Å². The van der Waals surface area contributed by atoms with Crippen molar-refractivity contribution in [1.29, 1.82) is 0 Å². The second kappa shape index (κ2) is 7.42. The van der Waals surface area contributed by atoms with E-state index in [2.05, 4.69) is 47.6 Å².